The van der Waals surface area contributed by atoms with Crippen molar-refractivity contribution in [3.8, 4) is 11.3 Å². The summed E-state index contributed by atoms with van der Waals surface area (Å²) in [5.74, 6) is -1.65. The van der Waals surface area contributed by atoms with Gasteiger partial charge in [-0.3, -0.25) is 4.79 Å². The number of nitrogens with one attached hydrogen (secondary N) is 3. The quantitative estimate of drug-likeness (QED) is 0.409. The van der Waals surface area contributed by atoms with E-state index in [1.54, 1.807) is 19.1 Å². The summed E-state index contributed by atoms with van der Waals surface area (Å²) in [5, 5.41) is 3.47. The maximum Gasteiger partial charge on any atom is 0.271 e. The van der Waals surface area contributed by atoms with Crippen LogP contribution in [0.25, 0.3) is 22.2 Å². The minimum absolute atomic E-state index is 0.0246. The minimum Gasteiger partial charge on any atom is -0.352 e. The van der Waals surface area contributed by atoms with Gasteiger partial charge in [0.25, 0.3) is 5.91 Å². The zero-order valence-electron chi connectivity index (χ0n) is 17.3. The average molecular weight is 438 g/mol. The maximum atomic E-state index is 14.4. The van der Waals surface area contributed by atoms with Gasteiger partial charge in [-0.05, 0) is 73.6 Å². The Balaban J connectivity index is 1.38. The van der Waals surface area contributed by atoms with Crippen molar-refractivity contribution in [3.63, 3.8) is 0 Å². The van der Waals surface area contributed by atoms with Crippen LogP contribution in [0.2, 0.25) is 0 Å². The fourth-order valence-corrected chi connectivity index (χ4v) is 4.50. The Kier molecular flexibility index (Phi) is 5.00. The number of amides is 1. The molecule has 5 nitrogen and oxygen atoms in total. The van der Waals surface area contributed by atoms with Crippen LogP contribution in [-0.2, 0) is 6.42 Å². The predicted octanol–water partition coefficient (Wildman–Crippen LogP) is 5.03. The van der Waals surface area contributed by atoms with Crippen LogP contribution in [0.5, 0.6) is 0 Å². The van der Waals surface area contributed by atoms with E-state index in [2.05, 4.69) is 20.3 Å². The van der Waals surface area contributed by atoms with Gasteiger partial charge < -0.3 is 15.3 Å². The molecule has 1 amide bonds. The van der Waals surface area contributed by atoms with E-state index in [0.717, 1.165) is 24.5 Å². The molecule has 0 spiro atoms. The second kappa shape index (κ2) is 7.85. The lowest BCUT2D eigenvalue weighted by atomic mass is 9.76. The Morgan fingerprint density at radius 1 is 1.12 bits per heavy atom. The second-order valence-corrected chi connectivity index (χ2v) is 8.38. The van der Waals surface area contributed by atoms with E-state index in [0.29, 0.717) is 34.5 Å². The van der Waals surface area contributed by atoms with E-state index < -0.39 is 11.6 Å². The van der Waals surface area contributed by atoms with E-state index in [9.17, 15) is 18.0 Å². The number of hydrogen-bond acceptors (Lipinski definition) is 2. The molecule has 3 N–H and O–H groups in total. The minimum atomic E-state index is -0.664. The lowest BCUT2D eigenvalue weighted by Crippen LogP contribution is -2.45. The molecule has 32 heavy (non-hydrogen) atoms. The normalized spacial score (nSPS) is 18.0. The first kappa shape index (κ1) is 20.4. The highest BCUT2D eigenvalue weighted by atomic mass is 19.1. The SMILES string of the molecule is Cc1[nH]cnc1C(=O)NC1CC(Cc2c(-c3ccc(F)cc3)[nH]c3c(F)cc(F)cc23)C1. The topological polar surface area (TPSA) is 73.6 Å². The molecule has 1 aliphatic carbocycles. The molecule has 1 aliphatic rings. The summed E-state index contributed by atoms with van der Waals surface area (Å²) in [5.41, 5.74) is 3.49. The largest absolute Gasteiger partial charge is 0.352 e. The fourth-order valence-electron chi connectivity index (χ4n) is 4.50. The van der Waals surface area contributed by atoms with Gasteiger partial charge >= 0.3 is 0 Å². The van der Waals surface area contributed by atoms with Crippen molar-refractivity contribution in [2.24, 2.45) is 5.92 Å². The number of fused-ring (bicyclic) bond motifs is 1. The van der Waals surface area contributed by atoms with Crippen molar-refractivity contribution in [1.29, 1.82) is 0 Å². The summed E-state index contributed by atoms with van der Waals surface area (Å²) in [6.45, 7) is 1.79. The van der Waals surface area contributed by atoms with Crippen molar-refractivity contribution < 1.29 is 18.0 Å². The zero-order valence-corrected chi connectivity index (χ0v) is 17.3. The van der Waals surface area contributed by atoms with Crippen LogP contribution in [0.4, 0.5) is 13.2 Å². The number of imidazole rings is 1. The monoisotopic (exact) mass is 438 g/mol. The molecular weight excluding hydrogens is 417 g/mol. The van der Waals surface area contributed by atoms with Gasteiger partial charge in [-0.15, -0.1) is 0 Å². The van der Waals surface area contributed by atoms with Crippen molar-refractivity contribution in [3.05, 3.63) is 77.1 Å². The molecule has 1 saturated carbocycles. The summed E-state index contributed by atoms with van der Waals surface area (Å²) < 4.78 is 41.8. The van der Waals surface area contributed by atoms with Crippen LogP contribution >= 0.6 is 0 Å². The van der Waals surface area contributed by atoms with Gasteiger partial charge in [-0.2, -0.15) is 0 Å². The third-order valence-electron chi connectivity index (χ3n) is 6.17. The van der Waals surface area contributed by atoms with Gasteiger partial charge in [0, 0.05) is 28.9 Å². The number of rotatable bonds is 5. The predicted molar refractivity (Wildman–Crippen MR) is 115 cm³/mol. The highest BCUT2D eigenvalue weighted by Crippen LogP contribution is 2.38. The first-order chi connectivity index (χ1) is 15.4. The lowest BCUT2D eigenvalue weighted by molar-refractivity contribution is 0.0884. The third-order valence-corrected chi connectivity index (χ3v) is 6.17. The first-order valence-corrected chi connectivity index (χ1v) is 10.5. The van der Waals surface area contributed by atoms with Gasteiger partial charge in [-0.25, -0.2) is 18.2 Å². The van der Waals surface area contributed by atoms with Crippen molar-refractivity contribution >= 4 is 16.8 Å². The van der Waals surface area contributed by atoms with Crippen LogP contribution in [0.3, 0.4) is 0 Å². The molecule has 0 saturated heterocycles. The van der Waals surface area contributed by atoms with Crippen molar-refractivity contribution in [2.45, 2.75) is 32.2 Å². The highest BCUT2D eigenvalue weighted by Gasteiger charge is 2.33. The number of hydrogen-bond donors (Lipinski definition) is 3. The maximum absolute atomic E-state index is 14.4. The molecule has 2 aromatic heterocycles. The lowest BCUT2D eigenvalue weighted by Gasteiger charge is -2.36. The highest BCUT2D eigenvalue weighted by molar-refractivity contribution is 5.93. The number of aryl methyl sites for hydroxylation is 1. The second-order valence-electron chi connectivity index (χ2n) is 8.38. The molecule has 0 radical (unpaired) electrons. The van der Waals surface area contributed by atoms with E-state index in [1.807, 2.05) is 0 Å². The molecule has 1 fully saturated rings. The number of aromatic amines is 2. The molecule has 0 bridgehead atoms. The molecule has 5 rings (SSSR count). The molecule has 0 aliphatic heterocycles. The summed E-state index contributed by atoms with van der Waals surface area (Å²) in [4.78, 5) is 22.4. The third kappa shape index (κ3) is 3.66. The Labute approximate surface area is 182 Å². The van der Waals surface area contributed by atoms with Crippen LogP contribution in [0.1, 0.15) is 34.6 Å². The first-order valence-electron chi connectivity index (χ1n) is 10.5. The molecule has 0 unspecified atom stereocenters. The Morgan fingerprint density at radius 2 is 1.88 bits per heavy atom. The van der Waals surface area contributed by atoms with Gasteiger partial charge in [0.05, 0.1) is 11.8 Å². The Hall–Kier alpha value is -3.55. The van der Waals surface area contributed by atoms with Gasteiger partial charge in [-0.1, -0.05) is 0 Å². The van der Waals surface area contributed by atoms with Crippen LogP contribution in [0, 0.1) is 30.3 Å². The number of benzene rings is 2. The average Bonchev–Trinajstić information content (AvgIpc) is 3.31. The van der Waals surface area contributed by atoms with Gasteiger partial charge in [0.2, 0.25) is 0 Å². The zero-order chi connectivity index (χ0) is 22.4. The number of halogens is 3. The summed E-state index contributed by atoms with van der Waals surface area (Å²) in [6, 6.07) is 8.12. The summed E-state index contributed by atoms with van der Waals surface area (Å²) in [7, 11) is 0. The van der Waals surface area contributed by atoms with Crippen LogP contribution in [0.15, 0.2) is 42.7 Å². The smallest absolute Gasteiger partial charge is 0.271 e. The Bertz CT molecular complexity index is 1300. The fraction of sp³-hybridized carbons (Fsp3) is 0.250. The molecular formula is C24H21F3N4O. The standard InChI is InChI=1S/C24H21F3N4O/c1-12-21(29-11-28-12)24(32)30-17-6-13(7-17)8-18-19-9-16(26)10-20(27)23(19)31-22(18)14-2-4-15(25)5-3-14/h2-5,9-11,13,17,31H,6-8H2,1H3,(H,28,29)(H,30,32). The number of H-pyrrole nitrogens is 2. The molecule has 2 heterocycles. The molecule has 2 aromatic carbocycles. The van der Waals surface area contributed by atoms with Crippen LogP contribution in [-0.4, -0.2) is 26.9 Å². The summed E-state index contributed by atoms with van der Waals surface area (Å²) in [6.07, 6.45) is 3.58. The van der Waals surface area contributed by atoms with E-state index >= 15 is 0 Å². The van der Waals surface area contributed by atoms with Gasteiger partial charge in [0.15, 0.2) is 0 Å². The van der Waals surface area contributed by atoms with Gasteiger partial charge in [0.1, 0.15) is 23.1 Å². The number of carbonyl (C=O) groups excluding carboxylic acids is 1. The van der Waals surface area contributed by atoms with Crippen molar-refractivity contribution in [2.75, 3.05) is 0 Å². The molecule has 4 aromatic rings. The number of carbonyl (C=O) groups is 1. The van der Waals surface area contributed by atoms with E-state index in [-0.39, 0.29) is 29.2 Å². The van der Waals surface area contributed by atoms with E-state index in [1.165, 1.54) is 24.5 Å². The summed E-state index contributed by atoms with van der Waals surface area (Å²) >= 11 is 0. The number of nitrogens with zero attached hydrogens (tertiary/aromatic N) is 1. The molecule has 164 valence electrons. The Morgan fingerprint density at radius 3 is 2.56 bits per heavy atom. The van der Waals surface area contributed by atoms with Crippen molar-refractivity contribution in [1.82, 2.24) is 20.3 Å². The molecule has 8 heteroatoms. The van der Waals surface area contributed by atoms with Crippen LogP contribution < -0.4 is 5.32 Å². The van der Waals surface area contributed by atoms with E-state index in [4.69, 9.17) is 0 Å². The number of aromatic nitrogens is 3. The molecule has 0 atom stereocenters.